The number of hydrogen-bond acceptors (Lipinski definition) is 12. The molecule has 298 valence electrons. The van der Waals surface area contributed by atoms with E-state index in [1.165, 1.54) is 80.8 Å². The van der Waals surface area contributed by atoms with Gasteiger partial charge in [0.2, 0.25) is 0 Å². The number of aliphatic hydroxyl groups is 2. The van der Waals surface area contributed by atoms with Crippen LogP contribution in [0.4, 0.5) is 10.2 Å². The van der Waals surface area contributed by atoms with Crippen molar-refractivity contribution in [3.8, 4) is 6.07 Å². The van der Waals surface area contributed by atoms with E-state index < -0.39 is 50.3 Å². The third kappa shape index (κ3) is 12.6. The number of benzene rings is 1. The zero-order valence-corrected chi connectivity index (χ0v) is 32.1. The summed E-state index contributed by atoms with van der Waals surface area (Å²) in [4.78, 5) is 18.5. The third-order valence-corrected chi connectivity index (χ3v) is 10.7. The summed E-state index contributed by atoms with van der Waals surface area (Å²) in [7, 11) is -4.78. The molecule has 3 aromatic rings. The maximum absolute atomic E-state index is 14.1. The molecule has 4 rings (SSSR count). The molecule has 1 fully saturated rings. The number of nitrogens with two attached hydrogens (primary N) is 1. The molecule has 0 saturated carbocycles. The van der Waals surface area contributed by atoms with Gasteiger partial charge in [0.25, 0.3) is 0 Å². The highest BCUT2D eigenvalue weighted by Gasteiger charge is 2.56. The van der Waals surface area contributed by atoms with Gasteiger partial charge in [0.1, 0.15) is 41.6 Å². The minimum Gasteiger partial charge on any atom is -0.387 e. The molecular formula is C38H56FN6O8P. The second kappa shape index (κ2) is 21.7. The SMILES string of the molecule is C=NC[C@]1(COP(=O)(O)OC[C@@H](CCCCCCCCCCCCCCC)OCc2cc(F)cc(C#N)c2)O[C@@H](c2ccc3c(N)ncnn23)[C@H](O)[C@@H]1O. The van der Waals surface area contributed by atoms with E-state index in [0.29, 0.717) is 23.2 Å². The molecular weight excluding hydrogens is 718 g/mol. The lowest BCUT2D eigenvalue weighted by Crippen LogP contribution is -2.49. The summed E-state index contributed by atoms with van der Waals surface area (Å²) < 4.78 is 51.6. The summed E-state index contributed by atoms with van der Waals surface area (Å²) in [6.45, 7) is 4.36. The minimum atomic E-state index is -4.78. The van der Waals surface area contributed by atoms with E-state index in [1.54, 1.807) is 12.1 Å². The van der Waals surface area contributed by atoms with Crippen LogP contribution in [-0.4, -0.2) is 80.1 Å². The van der Waals surface area contributed by atoms with Gasteiger partial charge in [-0.3, -0.25) is 14.0 Å². The molecule has 2 aromatic heterocycles. The van der Waals surface area contributed by atoms with Gasteiger partial charge in [0, 0.05) is 0 Å². The monoisotopic (exact) mass is 774 g/mol. The van der Waals surface area contributed by atoms with E-state index in [-0.39, 0.29) is 31.1 Å². The molecule has 5 N–H and O–H groups in total. The lowest BCUT2D eigenvalue weighted by molar-refractivity contribution is -0.106. The number of anilines is 1. The zero-order valence-electron chi connectivity index (χ0n) is 31.2. The van der Waals surface area contributed by atoms with Gasteiger partial charge in [0.05, 0.1) is 49.8 Å². The van der Waals surface area contributed by atoms with Crippen LogP contribution < -0.4 is 5.73 Å². The number of nitrogens with zero attached hydrogens (tertiary/aromatic N) is 5. The molecule has 1 aliphatic rings. The van der Waals surface area contributed by atoms with E-state index in [2.05, 4.69) is 28.7 Å². The normalized spacial score (nSPS) is 21.6. The highest BCUT2D eigenvalue weighted by atomic mass is 31.2. The fourth-order valence-electron chi connectivity index (χ4n) is 6.80. The number of hydrogen-bond donors (Lipinski definition) is 4. The van der Waals surface area contributed by atoms with Crippen molar-refractivity contribution in [1.29, 1.82) is 5.26 Å². The third-order valence-electron chi connectivity index (χ3n) is 9.81. The molecule has 1 saturated heterocycles. The molecule has 0 amide bonds. The molecule has 0 radical (unpaired) electrons. The molecule has 0 bridgehead atoms. The van der Waals surface area contributed by atoms with Crippen LogP contribution in [0.3, 0.4) is 0 Å². The molecule has 6 atom stereocenters. The summed E-state index contributed by atoms with van der Waals surface area (Å²) in [5.74, 6) is -0.372. The Kier molecular flexibility index (Phi) is 17.4. The van der Waals surface area contributed by atoms with Crippen molar-refractivity contribution in [3.05, 3.63) is 59.3 Å². The molecule has 54 heavy (non-hydrogen) atoms. The fourth-order valence-corrected chi connectivity index (χ4v) is 7.61. The van der Waals surface area contributed by atoms with Crippen molar-refractivity contribution in [2.45, 2.75) is 133 Å². The average Bonchev–Trinajstić information content (AvgIpc) is 3.69. The predicted molar refractivity (Wildman–Crippen MR) is 202 cm³/mol. The number of fused-ring (bicyclic) bond motifs is 1. The van der Waals surface area contributed by atoms with Gasteiger partial charge in [-0.15, -0.1) is 0 Å². The van der Waals surface area contributed by atoms with Gasteiger partial charge in [-0.05, 0) is 49.0 Å². The zero-order chi connectivity index (χ0) is 39.0. The Labute approximate surface area is 317 Å². The van der Waals surface area contributed by atoms with Crippen LogP contribution in [0.25, 0.3) is 5.52 Å². The van der Waals surface area contributed by atoms with E-state index in [9.17, 15) is 29.3 Å². The van der Waals surface area contributed by atoms with E-state index in [1.807, 2.05) is 6.07 Å². The quantitative estimate of drug-likeness (QED) is 0.0379. The van der Waals surface area contributed by atoms with Gasteiger partial charge < -0.3 is 30.3 Å². The number of halogens is 1. The molecule has 3 heterocycles. The minimum absolute atomic E-state index is 0.0477. The number of unbranched alkanes of at least 4 members (excludes halogenated alkanes) is 12. The molecule has 0 aliphatic carbocycles. The number of nitriles is 1. The van der Waals surface area contributed by atoms with E-state index >= 15 is 0 Å². The molecule has 0 spiro atoms. The van der Waals surface area contributed by atoms with Crippen LogP contribution in [0.2, 0.25) is 0 Å². The summed E-state index contributed by atoms with van der Waals surface area (Å²) >= 11 is 0. The Hall–Kier alpha value is -3.32. The Bertz CT molecular complexity index is 1710. The van der Waals surface area contributed by atoms with Crippen LogP contribution in [0.15, 0.2) is 41.7 Å². The van der Waals surface area contributed by atoms with Crippen molar-refractivity contribution in [3.63, 3.8) is 0 Å². The number of nitrogen functional groups attached to an aromatic ring is 1. The Balaban J connectivity index is 1.31. The smallest absolute Gasteiger partial charge is 0.387 e. The van der Waals surface area contributed by atoms with Crippen LogP contribution in [0, 0.1) is 17.1 Å². The lowest BCUT2D eigenvalue weighted by Gasteiger charge is -2.30. The van der Waals surface area contributed by atoms with Crippen LogP contribution >= 0.6 is 7.82 Å². The van der Waals surface area contributed by atoms with Gasteiger partial charge in [-0.25, -0.2) is 18.5 Å². The molecule has 1 aromatic carbocycles. The number of aliphatic hydroxyl groups excluding tert-OH is 2. The van der Waals surface area contributed by atoms with Crippen molar-refractivity contribution in [2.24, 2.45) is 4.99 Å². The number of aromatic nitrogens is 3. The molecule has 16 heteroatoms. The molecule has 1 aliphatic heterocycles. The first kappa shape index (κ1) is 43.4. The summed E-state index contributed by atoms with van der Waals surface area (Å²) in [5, 5.41) is 35.6. The van der Waals surface area contributed by atoms with Crippen LogP contribution in [-0.2, 0) is 29.7 Å². The van der Waals surface area contributed by atoms with Crippen molar-refractivity contribution < 1.29 is 42.6 Å². The van der Waals surface area contributed by atoms with Crippen LogP contribution in [0.1, 0.15) is 120 Å². The standard InChI is InChI=1S/C38H56FN6O8P/c1-3-4-5-6-7-8-9-10-11-12-13-14-15-16-31(50-23-29-19-28(22-40)20-30(39)21-29)24-51-54(48,49)52-26-38(25-42-2)36(47)34(46)35(53-38)32-17-18-33-37(41)43-27-44-45(32)33/h17-21,27,31,34-36,46-47H,2-16,23-26H2,1H3,(H,48,49)(H2,41,43,44)/t31-,34+,35+,36+,38-/m1/s1. The molecule has 1 unspecified atom stereocenters. The largest absolute Gasteiger partial charge is 0.472 e. The lowest BCUT2D eigenvalue weighted by atomic mass is 9.95. The fraction of sp³-hybridized carbons (Fsp3) is 0.632. The van der Waals surface area contributed by atoms with Crippen molar-refractivity contribution in [2.75, 3.05) is 25.5 Å². The Morgan fingerprint density at radius 1 is 1.07 bits per heavy atom. The number of ether oxygens (including phenoxy) is 2. The number of rotatable bonds is 26. The second-order valence-electron chi connectivity index (χ2n) is 14.1. The highest BCUT2D eigenvalue weighted by Crippen LogP contribution is 2.48. The van der Waals surface area contributed by atoms with E-state index in [0.717, 1.165) is 31.7 Å². The maximum atomic E-state index is 14.1. The summed E-state index contributed by atoms with van der Waals surface area (Å²) in [6.07, 6.45) is 12.3. The molecule has 14 nitrogen and oxygen atoms in total. The van der Waals surface area contributed by atoms with Crippen molar-refractivity contribution in [1.82, 2.24) is 14.6 Å². The first-order valence-electron chi connectivity index (χ1n) is 19.0. The van der Waals surface area contributed by atoms with Gasteiger partial charge >= 0.3 is 7.82 Å². The average molecular weight is 775 g/mol. The number of phosphoric acid groups is 1. The van der Waals surface area contributed by atoms with Crippen molar-refractivity contribution >= 4 is 25.9 Å². The van der Waals surface area contributed by atoms with Gasteiger partial charge in [-0.1, -0.05) is 90.4 Å². The predicted octanol–water partition coefficient (Wildman–Crippen LogP) is 6.76. The topological polar surface area (TPSA) is 207 Å². The first-order valence-corrected chi connectivity index (χ1v) is 20.5. The Morgan fingerprint density at radius 3 is 2.39 bits per heavy atom. The maximum Gasteiger partial charge on any atom is 0.472 e. The van der Waals surface area contributed by atoms with E-state index in [4.69, 9.17) is 24.3 Å². The van der Waals surface area contributed by atoms with Crippen LogP contribution in [0.5, 0.6) is 0 Å². The summed E-state index contributed by atoms with van der Waals surface area (Å²) in [5.41, 5.74) is 5.58. The Morgan fingerprint density at radius 2 is 1.74 bits per heavy atom. The summed E-state index contributed by atoms with van der Waals surface area (Å²) in [6, 6.07) is 9.09. The highest BCUT2D eigenvalue weighted by molar-refractivity contribution is 7.47. The second-order valence-corrected chi connectivity index (χ2v) is 15.5. The number of phosphoric ester groups is 1. The van der Waals surface area contributed by atoms with Gasteiger partial charge in [0.15, 0.2) is 5.82 Å². The number of aliphatic imine (C=N–C) groups is 1. The van der Waals surface area contributed by atoms with Gasteiger partial charge in [-0.2, -0.15) is 10.4 Å². The first-order chi connectivity index (χ1) is 26.0.